The van der Waals surface area contributed by atoms with Gasteiger partial charge in [-0.1, -0.05) is 6.92 Å². The van der Waals surface area contributed by atoms with Crippen LogP contribution >= 0.6 is 0 Å². The fourth-order valence-electron chi connectivity index (χ4n) is 2.31. The van der Waals surface area contributed by atoms with E-state index in [4.69, 9.17) is 11.0 Å². The average Bonchev–Trinajstić information content (AvgIpc) is 2.71. The summed E-state index contributed by atoms with van der Waals surface area (Å²) in [4.78, 5) is 1.67. The number of anilines is 1. The Bertz CT molecular complexity index is 486. The van der Waals surface area contributed by atoms with Crippen LogP contribution in [-0.4, -0.2) is 19.6 Å². The van der Waals surface area contributed by atoms with E-state index in [-0.39, 0.29) is 16.7 Å². The van der Waals surface area contributed by atoms with Gasteiger partial charge in [0.05, 0.1) is 11.6 Å². The third-order valence-electron chi connectivity index (χ3n) is 3.51. The molecule has 0 spiro atoms. The molecule has 5 heteroatoms. The van der Waals surface area contributed by atoms with Crippen molar-refractivity contribution in [2.75, 3.05) is 24.5 Å². The first-order valence-electron chi connectivity index (χ1n) is 5.83. The molecule has 2 rings (SSSR count). The normalized spacial score (nSPS) is 23.2. The van der Waals surface area contributed by atoms with Crippen LogP contribution in [0.3, 0.4) is 0 Å². The highest BCUT2D eigenvalue weighted by molar-refractivity contribution is 5.53. The zero-order valence-electron chi connectivity index (χ0n) is 10.2. The largest absolute Gasteiger partial charge is 0.366 e. The van der Waals surface area contributed by atoms with Crippen LogP contribution in [0.5, 0.6) is 0 Å². The summed E-state index contributed by atoms with van der Waals surface area (Å²) in [5.41, 5.74) is 5.51. The van der Waals surface area contributed by atoms with Crippen molar-refractivity contribution >= 4 is 5.69 Å². The zero-order valence-corrected chi connectivity index (χ0v) is 10.2. The lowest BCUT2D eigenvalue weighted by molar-refractivity contribution is 0.382. The number of benzene rings is 1. The van der Waals surface area contributed by atoms with Gasteiger partial charge in [0.2, 0.25) is 0 Å². The molecule has 0 amide bonds. The predicted molar refractivity (Wildman–Crippen MR) is 65.1 cm³/mol. The van der Waals surface area contributed by atoms with E-state index < -0.39 is 11.6 Å². The van der Waals surface area contributed by atoms with E-state index in [2.05, 4.69) is 0 Å². The van der Waals surface area contributed by atoms with E-state index in [1.807, 2.05) is 6.92 Å². The molecule has 3 nitrogen and oxygen atoms in total. The maximum Gasteiger partial charge on any atom is 0.150 e. The summed E-state index contributed by atoms with van der Waals surface area (Å²) in [7, 11) is 0. The number of halogens is 2. The lowest BCUT2D eigenvalue weighted by Gasteiger charge is -2.24. The van der Waals surface area contributed by atoms with Crippen LogP contribution in [-0.2, 0) is 0 Å². The van der Waals surface area contributed by atoms with Gasteiger partial charge in [-0.2, -0.15) is 5.26 Å². The number of nitrogens with two attached hydrogens (primary N) is 1. The molecule has 0 aromatic heterocycles. The van der Waals surface area contributed by atoms with Crippen molar-refractivity contribution in [3.05, 3.63) is 29.3 Å². The first-order chi connectivity index (χ1) is 8.49. The summed E-state index contributed by atoms with van der Waals surface area (Å²) >= 11 is 0. The second-order valence-corrected chi connectivity index (χ2v) is 5.09. The zero-order chi connectivity index (χ0) is 13.3. The third kappa shape index (κ3) is 2.16. The molecule has 0 saturated carbocycles. The molecule has 96 valence electrons. The van der Waals surface area contributed by atoms with Crippen LogP contribution in [0.2, 0.25) is 0 Å². The van der Waals surface area contributed by atoms with Crippen LogP contribution in [0.4, 0.5) is 14.5 Å². The molecular weight excluding hydrogens is 236 g/mol. The quantitative estimate of drug-likeness (QED) is 0.874. The molecule has 1 heterocycles. The highest BCUT2D eigenvalue weighted by atomic mass is 19.1. The van der Waals surface area contributed by atoms with Gasteiger partial charge in [-0.15, -0.1) is 0 Å². The van der Waals surface area contributed by atoms with Gasteiger partial charge in [-0.05, 0) is 30.5 Å². The summed E-state index contributed by atoms with van der Waals surface area (Å²) in [6.07, 6.45) is 0.808. The topological polar surface area (TPSA) is 53.0 Å². The van der Waals surface area contributed by atoms with Crippen molar-refractivity contribution in [3.63, 3.8) is 0 Å². The molecule has 1 aliphatic rings. The van der Waals surface area contributed by atoms with Gasteiger partial charge < -0.3 is 10.6 Å². The second kappa shape index (κ2) is 4.54. The first kappa shape index (κ1) is 12.8. The van der Waals surface area contributed by atoms with E-state index in [1.54, 1.807) is 11.0 Å². The Kier molecular flexibility index (Phi) is 3.22. The Morgan fingerprint density at radius 2 is 2.06 bits per heavy atom. The minimum atomic E-state index is -0.687. The van der Waals surface area contributed by atoms with Crippen LogP contribution in [0, 0.1) is 28.4 Å². The maximum atomic E-state index is 13.8. The van der Waals surface area contributed by atoms with E-state index in [9.17, 15) is 8.78 Å². The monoisotopic (exact) mass is 251 g/mol. The molecule has 1 unspecified atom stereocenters. The lowest BCUT2D eigenvalue weighted by Crippen LogP contribution is -2.32. The van der Waals surface area contributed by atoms with Crippen molar-refractivity contribution < 1.29 is 8.78 Å². The Morgan fingerprint density at radius 3 is 2.50 bits per heavy atom. The molecule has 0 bridgehead atoms. The predicted octanol–water partition coefficient (Wildman–Crippen LogP) is 2.01. The molecule has 0 radical (unpaired) electrons. The van der Waals surface area contributed by atoms with Crippen LogP contribution in [0.15, 0.2) is 12.1 Å². The van der Waals surface area contributed by atoms with E-state index in [1.165, 1.54) is 0 Å². The molecule has 0 aliphatic carbocycles. The van der Waals surface area contributed by atoms with Crippen LogP contribution in [0.25, 0.3) is 0 Å². The summed E-state index contributed by atoms with van der Waals surface area (Å²) in [5, 5.41) is 8.65. The second-order valence-electron chi connectivity index (χ2n) is 5.09. The molecule has 18 heavy (non-hydrogen) atoms. The summed E-state index contributed by atoms with van der Waals surface area (Å²) < 4.78 is 27.7. The van der Waals surface area contributed by atoms with Crippen LogP contribution < -0.4 is 10.6 Å². The number of nitriles is 1. The molecule has 1 atom stereocenters. The smallest absolute Gasteiger partial charge is 0.150 e. The van der Waals surface area contributed by atoms with Crippen molar-refractivity contribution in [2.24, 2.45) is 11.1 Å². The van der Waals surface area contributed by atoms with Gasteiger partial charge in [0, 0.05) is 13.1 Å². The molecule has 1 fully saturated rings. The van der Waals surface area contributed by atoms with Gasteiger partial charge in [-0.25, -0.2) is 8.78 Å². The van der Waals surface area contributed by atoms with E-state index in [0.717, 1.165) is 18.6 Å². The van der Waals surface area contributed by atoms with Crippen LogP contribution in [0.1, 0.15) is 18.9 Å². The molecule has 1 aromatic carbocycles. The maximum absolute atomic E-state index is 13.8. The summed E-state index contributed by atoms with van der Waals surface area (Å²) in [5.74, 6) is -1.37. The number of hydrogen-bond acceptors (Lipinski definition) is 3. The molecule has 1 aliphatic heterocycles. The van der Waals surface area contributed by atoms with Crippen molar-refractivity contribution in [1.82, 2.24) is 0 Å². The number of hydrogen-bond donors (Lipinski definition) is 1. The molecule has 1 aromatic rings. The van der Waals surface area contributed by atoms with Crippen molar-refractivity contribution in [2.45, 2.75) is 13.3 Å². The Balaban J connectivity index is 2.34. The highest BCUT2D eigenvalue weighted by Crippen LogP contribution is 2.35. The van der Waals surface area contributed by atoms with E-state index in [0.29, 0.717) is 19.6 Å². The molecule has 1 saturated heterocycles. The van der Waals surface area contributed by atoms with Crippen molar-refractivity contribution in [3.8, 4) is 6.07 Å². The molecule has 2 N–H and O–H groups in total. The highest BCUT2D eigenvalue weighted by Gasteiger charge is 2.34. The SMILES string of the molecule is CC1(CN)CCN(c2c(F)cc(C#N)cc2F)C1. The van der Waals surface area contributed by atoms with Gasteiger partial charge in [-0.3, -0.25) is 0 Å². The number of nitrogens with zero attached hydrogens (tertiary/aromatic N) is 2. The van der Waals surface area contributed by atoms with Gasteiger partial charge in [0.1, 0.15) is 5.69 Å². The Hall–Kier alpha value is -1.67. The average molecular weight is 251 g/mol. The number of rotatable bonds is 2. The summed E-state index contributed by atoms with van der Waals surface area (Å²) in [6, 6.07) is 3.87. The standard InChI is InChI=1S/C13H15F2N3/c1-13(7-17)2-3-18(8-13)12-10(14)4-9(6-16)5-11(12)15/h4-5H,2-3,7-8,17H2,1H3. The molecular formula is C13H15F2N3. The first-order valence-corrected chi connectivity index (χ1v) is 5.83. The van der Waals surface area contributed by atoms with Gasteiger partial charge >= 0.3 is 0 Å². The Labute approximate surface area is 105 Å². The fraction of sp³-hybridized carbons (Fsp3) is 0.462. The van der Waals surface area contributed by atoms with Gasteiger partial charge in [0.15, 0.2) is 11.6 Å². The Morgan fingerprint density at radius 1 is 1.44 bits per heavy atom. The minimum Gasteiger partial charge on any atom is -0.366 e. The fourth-order valence-corrected chi connectivity index (χ4v) is 2.31. The minimum absolute atomic E-state index is 0.00506. The summed E-state index contributed by atoms with van der Waals surface area (Å²) in [6.45, 7) is 3.60. The third-order valence-corrected chi connectivity index (χ3v) is 3.51. The van der Waals surface area contributed by atoms with E-state index >= 15 is 0 Å². The van der Waals surface area contributed by atoms with Crippen molar-refractivity contribution in [1.29, 1.82) is 5.26 Å². The van der Waals surface area contributed by atoms with Gasteiger partial charge in [0.25, 0.3) is 0 Å². The lowest BCUT2D eigenvalue weighted by atomic mass is 9.90.